The van der Waals surface area contributed by atoms with Gasteiger partial charge >= 0.3 is 5.97 Å². The third-order valence-corrected chi connectivity index (χ3v) is 3.54. The van der Waals surface area contributed by atoms with E-state index in [-0.39, 0.29) is 18.2 Å². The summed E-state index contributed by atoms with van der Waals surface area (Å²) < 4.78 is 0. The third kappa shape index (κ3) is 6.93. The van der Waals surface area contributed by atoms with Crippen LogP contribution in [-0.2, 0) is 9.59 Å². The zero-order chi connectivity index (χ0) is 15.5. The van der Waals surface area contributed by atoms with Crippen molar-refractivity contribution in [1.82, 2.24) is 5.32 Å². The van der Waals surface area contributed by atoms with Gasteiger partial charge in [0.1, 0.15) is 0 Å². The minimum Gasteiger partial charge on any atom is -0.481 e. The number of aliphatic carboxylic acids is 1. The molecule has 0 saturated heterocycles. The molecule has 0 fully saturated rings. The molecule has 0 spiro atoms. The van der Waals surface area contributed by atoms with Crippen LogP contribution in [0.4, 0.5) is 0 Å². The van der Waals surface area contributed by atoms with Gasteiger partial charge in [-0.15, -0.1) is 0 Å². The highest BCUT2D eigenvalue weighted by molar-refractivity contribution is 5.83. The van der Waals surface area contributed by atoms with E-state index in [0.717, 1.165) is 31.2 Å². The zero-order valence-corrected chi connectivity index (χ0v) is 12.7. The lowest BCUT2D eigenvalue weighted by Gasteiger charge is -2.15. The molecule has 0 bridgehead atoms. The second-order valence-corrected chi connectivity index (χ2v) is 5.22. The Hall–Kier alpha value is -1.84. The van der Waals surface area contributed by atoms with Gasteiger partial charge in [-0.05, 0) is 24.8 Å². The second-order valence-electron chi connectivity index (χ2n) is 5.22. The van der Waals surface area contributed by atoms with E-state index >= 15 is 0 Å². The summed E-state index contributed by atoms with van der Waals surface area (Å²) in [6, 6.07) is 9.83. The van der Waals surface area contributed by atoms with E-state index in [1.807, 2.05) is 37.3 Å². The first-order valence-electron chi connectivity index (χ1n) is 7.69. The van der Waals surface area contributed by atoms with Crippen molar-refractivity contribution in [1.29, 1.82) is 0 Å². The zero-order valence-electron chi connectivity index (χ0n) is 12.7. The van der Waals surface area contributed by atoms with Crippen LogP contribution in [0.15, 0.2) is 30.3 Å². The minimum atomic E-state index is -0.739. The Balaban J connectivity index is 2.22. The van der Waals surface area contributed by atoms with E-state index in [2.05, 4.69) is 5.32 Å². The van der Waals surface area contributed by atoms with E-state index in [1.54, 1.807) is 0 Å². The van der Waals surface area contributed by atoms with Crippen molar-refractivity contribution in [2.45, 2.75) is 51.4 Å². The van der Waals surface area contributed by atoms with Gasteiger partial charge in [0.2, 0.25) is 5.91 Å². The van der Waals surface area contributed by atoms with Gasteiger partial charge in [0.05, 0.1) is 5.92 Å². The number of hydrogen-bond acceptors (Lipinski definition) is 2. The average molecular weight is 291 g/mol. The SMILES string of the molecule is CCC(C(=O)NCCCCCCC(=O)O)c1ccccc1. The topological polar surface area (TPSA) is 66.4 Å². The number of hydrogen-bond donors (Lipinski definition) is 2. The predicted molar refractivity (Wildman–Crippen MR) is 83.2 cm³/mol. The Bertz CT molecular complexity index is 431. The molecule has 0 aliphatic carbocycles. The molecule has 0 heterocycles. The number of rotatable bonds is 10. The van der Waals surface area contributed by atoms with Crippen molar-refractivity contribution in [3.8, 4) is 0 Å². The molecule has 0 aromatic heterocycles. The van der Waals surface area contributed by atoms with Crippen molar-refractivity contribution in [3.05, 3.63) is 35.9 Å². The maximum atomic E-state index is 12.2. The lowest BCUT2D eigenvalue weighted by Crippen LogP contribution is -2.29. The lowest BCUT2D eigenvalue weighted by molar-refractivity contribution is -0.137. The molecule has 116 valence electrons. The average Bonchev–Trinajstić information content (AvgIpc) is 2.48. The summed E-state index contributed by atoms with van der Waals surface area (Å²) in [4.78, 5) is 22.5. The van der Waals surface area contributed by atoms with Crippen molar-refractivity contribution in [2.75, 3.05) is 6.54 Å². The summed E-state index contributed by atoms with van der Waals surface area (Å²) in [6.45, 7) is 2.68. The maximum absolute atomic E-state index is 12.2. The van der Waals surface area contributed by atoms with E-state index in [9.17, 15) is 9.59 Å². The van der Waals surface area contributed by atoms with Crippen LogP contribution in [0, 0.1) is 0 Å². The Labute approximate surface area is 126 Å². The van der Waals surface area contributed by atoms with Crippen LogP contribution in [-0.4, -0.2) is 23.5 Å². The molecule has 2 N–H and O–H groups in total. The number of amides is 1. The van der Waals surface area contributed by atoms with Gasteiger partial charge < -0.3 is 10.4 Å². The second kappa shape index (κ2) is 9.97. The molecule has 21 heavy (non-hydrogen) atoms. The van der Waals surface area contributed by atoms with Crippen molar-refractivity contribution in [3.63, 3.8) is 0 Å². The molecular formula is C17H25NO3. The van der Waals surface area contributed by atoms with E-state index < -0.39 is 5.97 Å². The summed E-state index contributed by atoms with van der Waals surface area (Å²) in [7, 11) is 0. The van der Waals surface area contributed by atoms with Gasteiger partial charge in [-0.3, -0.25) is 9.59 Å². The van der Waals surface area contributed by atoms with Gasteiger partial charge in [0.25, 0.3) is 0 Å². The number of carbonyl (C=O) groups is 2. The maximum Gasteiger partial charge on any atom is 0.303 e. The Morgan fingerprint density at radius 3 is 2.38 bits per heavy atom. The van der Waals surface area contributed by atoms with E-state index in [1.165, 1.54) is 0 Å². The fraction of sp³-hybridized carbons (Fsp3) is 0.529. The summed E-state index contributed by atoms with van der Waals surface area (Å²) in [5.41, 5.74) is 1.05. The lowest BCUT2D eigenvalue weighted by atomic mass is 9.95. The molecule has 4 nitrogen and oxygen atoms in total. The first-order chi connectivity index (χ1) is 10.1. The fourth-order valence-electron chi connectivity index (χ4n) is 2.35. The molecule has 0 aliphatic rings. The molecule has 0 saturated carbocycles. The van der Waals surface area contributed by atoms with Gasteiger partial charge in [0.15, 0.2) is 0 Å². The molecule has 1 rings (SSSR count). The number of benzene rings is 1. The van der Waals surface area contributed by atoms with Crippen LogP contribution in [0.5, 0.6) is 0 Å². The highest BCUT2D eigenvalue weighted by Gasteiger charge is 2.17. The first kappa shape index (κ1) is 17.2. The minimum absolute atomic E-state index is 0.0780. The standard InChI is InChI=1S/C17H25NO3/c1-2-15(14-10-6-5-7-11-14)17(21)18-13-9-4-3-8-12-16(19)20/h5-7,10-11,15H,2-4,8-9,12-13H2,1H3,(H,18,21)(H,19,20). The summed E-state index contributed by atoms with van der Waals surface area (Å²) in [6.07, 6.45) is 4.49. The number of carbonyl (C=O) groups excluding carboxylic acids is 1. The van der Waals surface area contributed by atoms with Crippen LogP contribution in [0.3, 0.4) is 0 Å². The molecule has 1 aromatic rings. The molecule has 0 aliphatic heterocycles. The van der Waals surface area contributed by atoms with Crippen LogP contribution in [0.2, 0.25) is 0 Å². The van der Waals surface area contributed by atoms with Crippen LogP contribution in [0.25, 0.3) is 0 Å². The van der Waals surface area contributed by atoms with Gasteiger partial charge in [-0.2, -0.15) is 0 Å². The normalized spacial score (nSPS) is 11.9. The van der Waals surface area contributed by atoms with Crippen LogP contribution < -0.4 is 5.32 Å². The van der Waals surface area contributed by atoms with Gasteiger partial charge in [-0.1, -0.05) is 50.1 Å². The Morgan fingerprint density at radius 1 is 1.10 bits per heavy atom. The van der Waals surface area contributed by atoms with Gasteiger partial charge in [-0.25, -0.2) is 0 Å². The predicted octanol–water partition coefficient (Wildman–Crippen LogP) is 3.33. The van der Waals surface area contributed by atoms with Crippen LogP contribution >= 0.6 is 0 Å². The molecule has 1 aromatic carbocycles. The monoisotopic (exact) mass is 291 g/mol. The summed E-state index contributed by atoms with van der Waals surface area (Å²) in [5.74, 6) is -0.746. The number of carboxylic acids is 1. The molecule has 4 heteroatoms. The van der Waals surface area contributed by atoms with E-state index in [4.69, 9.17) is 5.11 Å². The summed E-state index contributed by atoms with van der Waals surface area (Å²) in [5, 5.41) is 11.5. The molecule has 0 radical (unpaired) electrons. The molecule has 1 amide bonds. The van der Waals surface area contributed by atoms with Crippen molar-refractivity contribution in [2.24, 2.45) is 0 Å². The van der Waals surface area contributed by atoms with Crippen molar-refractivity contribution >= 4 is 11.9 Å². The summed E-state index contributed by atoms with van der Waals surface area (Å²) >= 11 is 0. The molecular weight excluding hydrogens is 266 g/mol. The van der Waals surface area contributed by atoms with Crippen LogP contribution in [0.1, 0.15) is 56.9 Å². The quantitative estimate of drug-likeness (QED) is 0.650. The smallest absolute Gasteiger partial charge is 0.303 e. The Morgan fingerprint density at radius 2 is 1.76 bits per heavy atom. The largest absolute Gasteiger partial charge is 0.481 e. The molecule has 1 unspecified atom stereocenters. The number of carboxylic acid groups (broad SMARTS) is 1. The van der Waals surface area contributed by atoms with E-state index in [0.29, 0.717) is 13.0 Å². The fourth-order valence-corrected chi connectivity index (χ4v) is 2.35. The third-order valence-electron chi connectivity index (χ3n) is 3.54. The number of unbranched alkanes of at least 4 members (excludes halogenated alkanes) is 3. The highest BCUT2D eigenvalue weighted by Crippen LogP contribution is 2.19. The first-order valence-corrected chi connectivity index (χ1v) is 7.69. The molecule has 1 atom stereocenters. The Kier molecular flexibility index (Phi) is 8.17. The van der Waals surface area contributed by atoms with Crippen molar-refractivity contribution < 1.29 is 14.7 Å². The van der Waals surface area contributed by atoms with Gasteiger partial charge in [0, 0.05) is 13.0 Å². The number of nitrogens with one attached hydrogen (secondary N) is 1. The highest BCUT2D eigenvalue weighted by atomic mass is 16.4.